The van der Waals surface area contributed by atoms with Crippen molar-refractivity contribution in [2.75, 3.05) is 5.32 Å². The quantitative estimate of drug-likeness (QED) is 0.864. The Bertz CT molecular complexity index is 654. The number of hydrogen-bond acceptors (Lipinski definition) is 4. The first kappa shape index (κ1) is 11.7. The molecule has 1 aliphatic carbocycles. The normalized spacial score (nSPS) is 14.3. The molecule has 0 atom stereocenters. The monoisotopic (exact) mass is 259 g/mol. The fraction of sp³-hybridized carbons (Fsp3) is 0.308. The maximum atomic E-state index is 12.1. The molecule has 0 radical (unpaired) electrons. The molecule has 6 nitrogen and oxygen atoms in total. The molecule has 2 aromatic rings. The zero-order valence-electron chi connectivity index (χ0n) is 10.4. The van der Waals surface area contributed by atoms with Crippen LogP contribution in [-0.4, -0.2) is 21.9 Å². The summed E-state index contributed by atoms with van der Waals surface area (Å²) in [6, 6.07) is 1.71. The van der Waals surface area contributed by atoms with Gasteiger partial charge in [0.2, 0.25) is 0 Å². The lowest BCUT2D eigenvalue weighted by Crippen LogP contribution is -2.18. The number of ketones is 1. The van der Waals surface area contributed by atoms with Gasteiger partial charge >= 0.3 is 0 Å². The Morgan fingerprint density at radius 3 is 3.05 bits per heavy atom. The number of nitrogens with one attached hydrogen (secondary N) is 2. The van der Waals surface area contributed by atoms with E-state index < -0.39 is 0 Å². The molecule has 0 saturated carbocycles. The van der Waals surface area contributed by atoms with E-state index in [-0.39, 0.29) is 11.7 Å². The highest BCUT2D eigenvalue weighted by atomic mass is 16.3. The minimum absolute atomic E-state index is 0.0293. The van der Waals surface area contributed by atoms with Gasteiger partial charge in [0.25, 0.3) is 5.91 Å². The van der Waals surface area contributed by atoms with Gasteiger partial charge in [-0.2, -0.15) is 5.10 Å². The predicted molar refractivity (Wildman–Crippen MR) is 67.3 cm³/mol. The highest BCUT2D eigenvalue weighted by molar-refractivity contribution is 6.13. The molecule has 0 aliphatic heterocycles. The molecule has 19 heavy (non-hydrogen) atoms. The van der Waals surface area contributed by atoms with Crippen molar-refractivity contribution >= 4 is 17.5 Å². The third kappa shape index (κ3) is 2.05. The Labute approximate surface area is 109 Å². The summed E-state index contributed by atoms with van der Waals surface area (Å²) in [6.07, 6.45) is 3.30. The number of carbonyl (C=O) groups excluding carboxylic acids is 2. The molecule has 98 valence electrons. The van der Waals surface area contributed by atoms with Crippen LogP contribution in [0, 0.1) is 6.92 Å². The number of fused-ring (bicyclic) bond motifs is 1. The van der Waals surface area contributed by atoms with Crippen LogP contribution in [0.4, 0.5) is 5.82 Å². The molecular formula is C13H13N3O3. The Morgan fingerprint density at radius 1 is 1.47 bits per heavy atom. The van der Waals surface area contributed by atoms with Crippen LogP contribution < -0.4 is 5.32 Å². The summed E-state index contributed by atoms with van der Waals surface area (Å²) in [5.41, 5.74) is 1.57. The molecule has 0 spiro atoms. The number of hydrogen-bond donors (Lipinski definition) is 2. The minimum Gasteiger partial charge on any atom is -0.468 e. The minimum atomic E-state index is -0.369. The van der Waals surface area contributed by atoms with Gasteiger partial charge in [-0.05, 0) is 13.3 Å². The van der Waals surface area contributed by atoms with Gasteiger partial charge in [0.05, 0.1) is 11.1 Å². The van der Waals surface area contributed by atoms with Gasteiger partial charge in [-0.25, -0.2) is 0 Å². The van der Waals surface area contributed by atoms with Crippen molar-refractivity contribution in [3.05, 3.63) is 34.9 Å². The molecule has 1 amide bonds. The summed E-state index contributed by atoms with van der Waals surface area (Å²) < 4.78 is 5.31. The third-order valence-electron chi connectivity index (χ3n) is 3.15. The maximum Gasteiger partial charge on any atom is 0.260 e. The molecule has 2 heterocycles. The van der Waals surface area contributed by atoms with E-state index in [9.17, 15) is 9.59 Å². The van der Waals surface area contributed by atoms with Crippen LogP contribution in [0.3, 0.4) is 0 Å². The van der Waals surface area contributed by atoms with E-state index in [1.165, 1.54) is 6.26 Å². The fourth-order valence-corrected chi connectivity index (χ4v) is 2.26. The number of aryl methyl sites for hydroxylation is 2. The van der Waals surface area contributed by atoms with Gasteiger partial charge in [-0.1, -0.05) is 0 Å². The van der Waals surface area contributed by atoms with E-state index >= 15 is 0 Å². The van der Waals surface area contributed by atoms with Crippen molar-refractivity contribution in [3.63, 3.8) is 0 Å². The second-order valence-electron chi connectivity index (χ2n) is 4.61. The van der Waals surface area contributed by atoms with E-state index in [4.69, 9.17) is 4.42 Å². The SMILES string of the molecule is Cc1cc(NC(=O)c2coc3c2C(=O)CCC3)n[nH]1. The van der Waals surface area contributed by atoms with Crippen LogP contribution in [0.2, 0.25) is 0 Å². The van der Waals surface area contributed by atoms with Gasteiger partial charge in [0.1, 0.15) is 12.0 Å². The summed E-state index contributed by atoms with van der Waals surface area (Å²) in [5.74, 6) is 0.644. The first-order valence-electron chi connectivity index (χ1n) is 6.12. The Balaban J connectivity index is 1.88. The fourth-order valence-electron chi connectivity index (χ4n) is 2.26. The highest BCUT2D eigenvalue weighted by Gasteiger charge is 2.27. The van der Waals surface area contributed by atoms with Gasteiger partial charge in [0, 0.05) is 24.6 Å². The molecule has 0 saturated heterocycles. The number of carbonyl (C=O) groups is 2. The number of nitrogens with zero attached hydrogens (tertiary/aromatic N) is 1. The van der Waals surface area contributed by atoms with Crippen LogP contribution in [0.1, 0.15) is 45.0 Å². The first-order valence-corrected chi connectivity index (χ1v) is 6.12. The lowest BCUT2D eigenvalue weighted by atomic mass is 9.94. The first-order chi connectivity index (χ1) is 9.15. The zero-order valence-corrected chi connectivity index (χ0v) is 10.4. The van der Waals surface area contributed by atoms with Crippen LogP contribution in [0.25, 0.3) is 0 Å². The van der Waals surface area contributed by atoms with Crippen LogP contribution in [-0.2, 0) is 6.42 Å². The molecule has 6 heteroatoms. The number of aromatic amines is 1. The van der Waals surface area contributed by atoms with E-state index in [2.05, 4.69) is 15.5 Å². The van der Waals surface area contributed by atoms with Crippen molar-refractivity contribution < 1.29 is 14.0 Å². The summed E-state index contributed by atoms with van der Waals surface area (Å²) in [6.45, 7) is 1.84. The summed E-state index contributed by atoms with van der Waals surface area (Å²) in [5, 5.41) is 9.30. The molecule has 0 fully saturated rings. The number of rotatable bonds is 2. The van der Waals surface area contributed by atoms with Crippen molar-refractivity contribution in [2.24, 2.45) is 0 Å². The molecule has 2 N–H and O–H groups in total. The van der Waals surface area contributed by atoms with Crippen molar-refractivity contribution in [1.82, 2.24) is 10.2 Å². The molecule has 1 aliphatic rings. The Kier molecular flexibility index (Phi) is 2.70. The summed E-state index contributed by atoms with van der Waals surface area (Å²) >= 11 is 0. The van der Waals surface area contributed by atoms with Crippen LogP contribution >= 0.6 is 0 Å². The van der Waals surface area contributed by atoms with Gasteiger partial charge in [0.15, 0.2) is 11.6 Å². The van der Waals surface area contributed by atoms with E-state index in [1.54, 1.807) is 6.07 Å². The van der Waals surface area contributed by atoms with Gasteiger partial charge in [-0.15, -0.1) is 0 Å². The number of H-pyrrole nitrogens is 1. The Hall–Kier alpha value is -2.37. The summed E-state index contributed by atoms with van der Waals surface area (Å²) in [7, 11) is 0. The highest BCUT2D eigenvalue weighted by Crippen LogP contribution is 2.26. The van der Waals surface area contributed by atoms with E-state index in [0.29, 0.717) is 35.5 Å². The zero-order chi connectivity index (χ0) is 13.4. The predicted octanol–water partition coefficient (Wildman–Crippen LogP) is 2.08. The molecule has 0 unspecified atom stereocenters. The molecular weight excluding hydrogens is 246 g/mol. The molecule has 2 aromatic heterocycles. The number of Topliss-reactive ketones (excluding diaryl/α,β-unsaturated/α-hetero) is 1. The van der Waals surface area contributed by atoms with Crippen molar-refractivity contribution in [3.8, 4) is 0 Å². The topological polar surface area (TPSA) is 88.0 Å². The average Bonchev–Trinajstić information content (AvgIpc) is 2.96. The number of furan rings is 1. The second-order valence-corrected chi connectivity index (χ2v) is 4.61. The van der Waals surface area contributed by atoms with Crippen molar-refractivity contribution in [2.45, 2.75) is 26.2 Å². The number of aromatic nitrogens is 2. The molecule has 3 rings (SSSR count). The van der Waals surface area contributed by atoms with Crippen LogP contribution in [0.15, 0.2) is 16.7 Å². The maximum absolute atomic E-state index is 12.1. The molecule has 0 bridgehead atoms. The largest absolute Gasteiger partial charge is 0.468 e. The average molecular weight is 259 g/mol. The van der Waals surface area contributed by atoms with Crippen LogP contribution in [0.5, 0.6) is 0 Å². The van der Waals surface area contributed by atoms with E-state index in [0.717, 1.165) is 12.1 Å². The molecule has 0 aromatic carbocycles. The number of amides is 1. The third-order valence-corrected chi connectivity index (χ3v) is 3.15. The van der Waals surface area contributed by atoms with Gasteiger partial charge < -0.3 is 9.73 Å². The summed E-state index contributed by atoms with van der Waals surface area (Å²) in [4.78, 5) is 24.0. The lowest BCUT2D eigenvalue weighted by molar-refractivity contribution is 0.0955. The number of anilines is 1. The van der Waals surface area contributed by atoms with Gasteiger partial charge in [-0.3, -0.25) is 14.7 Å². The standard InChI is InChI=1S/C13H13N3O3/c1-7-5-11(16-15-7)14-13(18)8-6-19-10-4-2-3-9(17)12(8)10/h5-6H,2-4H2,1H3,(H2,14,15,16,18). The second kappa shape index (κ2) is 4.38. The Morgan fingerprint density at radius 2 is 2.32 bits per heavy atom. The van der Waals surface area contributed by atoms with E-state index in [1.807, 2.05) is 6.92 Å². The lowest BCUT2D eigenvalue weighted by Gasteiger charge is -2.09. The van der Waals surface area contributed by atoms with Crippen molar-refractivity contribution in [1.29, 1.82) is 0 Å². The smallest absolute Gasteiger partial charge is 0.260 e.